The molecule has 0 N–H and O–H groups in total. The van der Waals surface area contributed by atoms with Crippen molar-refractivity contribution in [3.05, 3.63) is 48.1 Å². The van der Waals surface area contributed by atoms with Crippen LogP contribution in [0.15, 0.2) is 42.5 Å². The van der Waals surface area contributed by atoms with Gasteiger partial charge in [-0.1, -0.05) is 121 Å². The van der Waals surface area contributed by atoms with Crippen LogP contribution in [0.1, 0.15) is 122 Å². The molecule has 3 rings (SSSR count). The van der Waals surface area contributed by atoms with E-state index in [0.29, 0.717) is 0 Å². The number of rotatable bonds is 15. The Morgan fingerprint density at radius 3 is 2.06 bits per heavy atom. The first-order chi connectivity index (χ1) is 16.3. The average molecular weight is 451 g/mol. The van der Waals surface area contributed by atoms with E-state index in [1.165, 1.54) is 107 Å². The van der Waals surface area contributed by atoms with Crippen molar-refractivity contribution in [2.24, 2.45) is 17.8 Å². The molecule has 1 saturated carbocycles. The van der Waals surface area contributed by atoms with E-state index in [9.17, 15) is 0 Å². The Hall–Kier alpha value is -1.50. The average Bonchev–Trinajstić information content (AvgIpc) is 2.87. The summed E-state index contributed by atoms with van der Waals surface area (Å²) in [7, 11) is 0. The molecule has 184 valence electrons. The molecular weight excluding hydrogens is 400 g/mol. The molecule has 0 amide bonds. The molecule has 33 heavy (non-hydrogen) atoms. The van der Waals surface area contributed by atoms with Crippen LogP contribution >= 0.6 is 0 Å². The van der Waals surface area contributed by atoms with Crippen molar-refractivity contribution in [1.29, 1.82) is 0 Å². The fourth-order valence-electron chi connectivity index (χ4n) is 5.75. The summed E-state index contributed by atoms with van der Waals surface area (Å²) in [6.45, 7) is 5.32. The number of hydrogen-bond acceptors (Lipinski definition) is 1. The van der Waals surface area contributed by atoms with Gasteiger partial charge in [0.25, 0.3) is 0 Å². The summed E-state index contributed by atoms with van der Waals surface area (Å²) >= 11 is 0. The van der Waals surface area contributed by atoms with Crippen molar-refractivity contribution in [3.8, 4) is 5.75 Å². The van der Waals surface area contributed by atoms with Gasteiger partial charge in [-0.05, 0) is 66.7 Å². The number of allylic oxidation sites excluding steroid dienone is 4. The Balaban J connectivity index is 1.30. The molecule has 0 bridgehead atoms. The van der Waals surface area contributed by atoms with E-state index < -0.39 is 0 Å². The highest BCUT2D eigenvalue weighted by molar-refractivity contribution is 5.75. The summed E-state index contributed by atoms with van der Waals surface area (Å²) in [5, 5.41) is 0. The molecule has 2 aliphatic rings. The van der Waals surface area contributed by atoms with Crippen LogP contribution in [0.2, 0.25) is 0 Å². The van der Waals surface area contributed by atoms with E-state index in [1.54, 1.807) is 0 Å². The molecule has 0 aliphatic heterocycles. The molecule has 0 saturated heterocycles. The van der Waals surface area contributed by atoms with Crippen LogP contribution < -0.4 is 4.74 Å². The molecule has 1 aromatic rings. The lowest BCUT2D eigenvalue weighted by molar-refractivity contribution is 0.218. The Morgan fingerprint density at radius 1 is 0.758 bits per heavy atom. The predicted octanol–water partition coefficient (Wildman–Crippen LogP) is 10.2. The third-order valence-corrected chi connectivity index (χ3v) is 8.05. The van der Waals surface area contributed by atoms with Crippen molar-refractivity contribution in [3.63, 3.8) is 0 Å². The molecular formula is C32H50O. The third kappa shape index (κ3) is 9.34. The zero-order valence-corrected chi connectivity index (χ0v) is 21.7. The molecule has 1 aromatic carbocycles. The van der Waals surface area contributed by atoms with Crippen LogP contribution in [0.3, 0.4) is 0 Å². The van der Waals surface area contributed by atoms with Crippen LogP contribution in [0.25, 0.3) is 5.57 Å². The number of benzene rings is 1. The smallest absolute Gasteiger partial charge is 0.119 e. The summed E-state index contributed by atoms with van der Waals surface area (Å²) in [6, 6.07) is 8.68. The largest absolute Gasteiger partial charge is 0.494 e. The van der Waals surface area contributed by atoms with Crippen molar-refractivity contribution in [2.75, 3.05) is 6.61 Å². The summed E-state index contributed by atoms with van der Waals surface area (Å²) in [5.41, 5.74) is 2.70. The summed E-state index contributed by atoms with van der Waals surface area (Å²) in [4.78, 5) is 0. The number of hydrogen-bond donors (Lipinski definition) is 0. The lowest BCUT2D eigenvalue weighted by atomic mass is 9.72. The molecule has 0 radical (unpaired) electrons. The molecule has 0 heterocycles. The van der Waals surface area contributed by atoms with Crippen molar-refractivity contribution >= 4 is 5.57 Å². The first-order valence-corrected chi connectivity index (χ1v) is 14.4. The minimum Gasteiger partial charge on any atom is -0.494 e. The molecule has 2 aliphatic carbocycles. The highest BCUT2D eigenvalue weighted by Gasteiger charge is 2.26. The van der Waals surface area contributed by atoms with Gasteiger partial charge in [-0.3, -0.25) is 0 Å². The molecule has 1 heteroatoms. The maximum atomic E-state index is 5.81. The Bertz CT molecular complexity index is 690. The maximum absolute atomic E-state index is 5.81. The minimum atomic E-state index is 0.759. The van der Waals surface area contributed by atoms with E-state index >= 15 is 0 Å². The second-order valence-corrected chi connectivity index (χ2v) is 10.7. The van der Waals surface area contributed by atoms with E-state index in [1.807, 2.05) is 0 Å². The fourth-order valence-corrected chi connectivity index (χ4v) is 5.75. The first-order valence-electron chi connectivity index (χ1n) is 14.4. The lowest BCUT2D eigenvalue weighted by Gasteiger charge is -2.33. The van der Waals surface area contributed by atoms with E-state index in [0.717, 1.165) is 36.5 Å². The van der Waals surface area contributed by atoms with Crippen LogP contribution in [0.5, 0.6) is 5.75 Å². The van der Waals surface area contributed by atoms with Gasteiger partial charge in [0.05, 0.1) is 6.61 Å². The standard InChI is InChI=1S/C32H50O/c1-3-5-7-8-9-10-11-12-13-27-14-16-28(17-15-27)29-18-20-30(21-19-29)31-22-24-32(25-23-31)33-26-6-4-2/h18,20-25,27-29H,3-17,19,26H2,1-2H3. The van der Waals surface area contributed by atoms with Gasteiger partial charge in [0.15, 0.2) is 0 Å². The monoisotopic (exact) mass is 450 g/mol. The van der Waals surface area contributed by atoms with Crippen molar-refractivity contribution < 1.29 is 4.74 Å². The molecule has 1 atom stereocenters. The minimum absolute atomic E-state index is 0.759. The van der Waals surface area contributed by atoms with Gasteiger partial charge >= 0.3 is 0 Å². The Labute approximate surface area is 205 Å². The van der Waals surface area contributed by atoms with Gasteiger partial charge in [0.2, 0.25) is 0 Å². The van der Waals surface area contributed by atoms with Crippen molar-refractivity contribution in [2.45, 2.75) is 117 Å². The highest BCUT2D eigenvalue weighted by Crippen LogP contribution is 2.39. The second-order valence-electron chi connectivity index (χ2n) is 10.7. The van der Waals surface area contributed by atoms with Crippen LogP contribution in [0, 0.1) is 17.8 Å². The van der Waals surface area contributed by atoms with Gasteiger partial charge in [-0.25, -0.2) is 0 Å². The van der Waals surface area contributed by atoms with E-state index in [2.05, 4.69) is 56.3 Å². The SMILES string of the molecule is CCCCCCCCCCC1CCC(C2C=CC(c3ccc(OCCCC)cc3)=CC2)CC1. The van der Waals surface area contributed by atoms with Crippen LogP contribution in [-0.4, -0.2) is 6.61 Å². The van der Waals surface area contributed by atoms with Crippen LogP contribution in [0.4, 0.5) is 0 Å². The first kappa shape index (κ1) is 26.1. The zero-order chi connectivity index (χ0) is 23.1. The van der Waals surface area contributed by atoms with Gasteiger partial charge in [0, 0.05) is 0 Å². The molecule has 1 fully saturated rings. The summed E-state index contributed by atoms with van der Waals surface area (Å²) < 4.78 is 5.81. The highest BCUT2D eigenvalue weighted by atomic mass is 16.5. The molecule has 1 nitrogen and oxygen atoms in total. The summed E-state index contributed by atoms with van der Waals surface area (Å²) in [5.74, 6) is 3.67. The zero-order valence-electron chi connectivity index (χ0n) is 21.7. The van der Waals surface area contributed by atoms with Crippen molar-refractivity contribution in [1.82, 2.24) is 0 Å². The number of ether oxygens (including phenoxy) is 1. The van der Waals surface area contributed by atoms with Gasteiger partial charge in [0.1, 0.15) is 5.75 Å². The van der Waals surface area contributed by atoms with E-state index in [-0.39, 0.29) is 0 Å². The third-order valence-electron chi connectivity index (χ3n) is 8.05. The van der Waals surface area contributed by atoms with Crippen LogP contribution in [-0.2, 0) is 0 Å². The second kappa shape index (κ2) is 15.4. The summed E-state index contributed by atoms with van der Waals surface area (Å²) in [6.07, 6.45) is 29.8. The van der Waals surface area contributed by atoms with Gasteiger partial charge < -0.3 is 4.74 Å². The lowest BCUT2D eigenvalue weighted by Crippen LogP contribution is -2.21. The normalized spacial score (nSPS) is 22.8. The molecule has 0 aromatic heterocycles. The Kier molecular flexibility index (Phi) is 12.2. The van der Waals surface area contributed by atoms with Gasteiger partial charge in [-0.2, -0.15) is 0 Å². The maximum Gasteiger partial charge on any atom is 0.119 e. The number of unbranched alkanes of at least 4 members (excludes halogenated alkanes) is 8. The predicted molar refractivity (Wildman–Crippen MR) is 145 cm³/mol. The molecule has 0 spiro atoms. The van der Waals surface area contributed by atoms with Gasteiger partial charge in [-0.15, -0.1) is 0 Å². The van der Waals surface area contributed by atoms with E-state index in [4.69, 9.17) is 4.74 Å². The topological polar surface area (TPSA) is 9.23 Å². The molecule has 1 unspecified atom stereocenters. The Morgan fingerprint density at radius 2 is 1.42 bits per heavy atom. The fraction of sp³-hybridized carbons (Fsp3) is 0.688. The quantitative estimate of drug-likeness (QED) is 0.241.